The number of halogens is 1. The van der Waals surface area contributed by atoms with Crippen molar-refractivity contribution in [3.8, 4) is 0 Å². The fourth-order valence-electron chi connectivity index (χ4n) is 5.63. The molecule has 3 nitrogen and oxygen atoms in total. The minimum atomic E-state index is -0.756. The van der Waals surface area contributed by atoms with E-state index in [0.717, 1.165) is 27.3 Å². The summed E-state index contributed by atoms with van der Waals surface area (Å²) in [6, 6.07) is 15.0. The highest BCUT2D eigenvalue weighted by molar-refractivity contribution is 6.62. The van der Waals surface area contributed by atoms with E-state index in [1.165, 1.54) is 21.9 Å². The Balaban J connectivity index is 1.72. The van der Waals surface area contributed by atoms with Gasteiger partial charge in [-0.05, 0) is 86.1 Å². The van der Waals surface area contributed by atoms with Gasteiger partial charge in [-0.1, -0.05) is 47.6 Å². The second kappa shape index (κ2) is 7.27. The molecule has 0 radical (unpaired) electrons. The van der Waals surface area contributed by atoms with Crippen molar-refractivity contribution in [3.05, 3.63) is 59.4 Å². The molecule has 0 bridgehead atoms. The Hall–Kier alpha value is -2.63. The van der Waals surface area contributed by atoms with E-state index in [0.29, 0.717) is 5.46 Å². The van der Waals surface area contributed by atoms with E-state index < -0.39 is 18.3 Å². The fraction of sp³-hybridized carbons (Fsp3) is 0.438. The van der Waals surface area contributed by atoms with Crippen molar-refractivity contribution in [2.45, 2.75) is 91.3 Å². The van der Waals surface area contributed by atoms with Crippen LogP contribution in [0.3, 0.4) is 0 Å². The van der Waals surface area contributed by atoms with Crippen molar-refractivity contribution in [1.29, 1.82) is 0 Å². The standard InChI is InChI=1S/C32H37BFNO2/c1-29(2,3)18-11-12-26-20(13-18)22-14-19(30(4,5)6)15-23-21-16-25(34)24(17-27(21)35(26)28(22)23)33-36-31(7,8)32(9,10)37-33/h11-17H,1-10H3. The zero-order valence-corrected chi connectivity index (χ0v) is 23.8. The average molecular weight is 497 g/mol. The molecular weight excluding hydrogens is 460 g/mol. The van der Waals surface area contributed by atoms with Gasteiger partial charge in [0.2, 0.25) is 0 Å². The third kappa shape index (κ3) is 3.46. The molecule has 1 fully saturated rings. The molecule has 1 aliphatic heterocycles. The van der Waals surface area contributed by atoms with Crippen LogP contribution in [0.5, 0.6) is 0 Å². The van der Waals surface area contributed by atoms with E-state index in [1.54, 1.807) is 6.07 Å². The maximum atomic E-state index is 15.8. The Bertz CT molecular complexity index is 1700. The lowest BCUT2D eigenvalue weighted by Crippen LogP contribution is -2.41. The second-order valence-electron chi connectivity index (χ2n) is 14.0. The molecule has 1 saturated heterocycles. The first-order chi connectivity index (χ1) is 17.0. The van der Waals surface area contributed by atoms with E-state index >= 15 is 4.39 Å². The van der Waals surface area contributed by atoms with Crippen molar-refractivity contribution in [3.63, 3.8) is 0 Å². The number of nitrogens with zero attached hydrogens (tertiary/aromatic N) is 1. The van der Waals surface area contributed by atoms with Crippen LogP contribution in [0.4, 0.5) is 4.39 Å². The Morgan fingerprint density at radius 1 is 0.676 bits per heavy atom. The number of hydrogen-bond acceptors (Lipinski definition) is 2. The van der Waals surface area contributed by atoms with Crippen LogP contribution in [-0.4, -0.2) is 22.7 Å². The summed E-state index contributed by atoms with van der Waals surface area (Å²) in [7, 11) is -0.756. The van der Waals surface area contributed by atoms with Crippen LogP contribution in [0.25, 0.3) is 38.1 Å². The normalized spacial score (nSPS) is 18.3. The molecule has 0 unspecified atom stereocenters. The molecule has 3 aromatic carbocycles. The largest absolute Gasteiger partial charge is 0.497 e. The number of fused-ring (bicyclic) bond motifs is 6. The maximum Gasteiger partial charge on any atom is 0.497 e. The van der Waals surface area contributed by atoms with Crippen LogP contribution in [0.15, 0.2) is 42.5 Å². The van der Waals surface area contributed by atoms with E-state index in [4.69, 9.17) is 9.31 Å². The van der Waals surface area contributed by atoms with Gasteiger partial charge >= 0.3 is 7.12 Å². The lowest BCUT2D eigenvalue weighted by Gasteiger charge is -2.32. The number of hydrogen-bond donors (Lipinski definition) is 0. The van der Waals surface area contributed by atoms with Crippen molar-refractivity contribution in [2.24, 2.45) is 0 Å². The smallest absolute Gasteiger partial charge is 0.399 e. The zero-order chi connectivity index (χ0) is 26.9. The average Bonchev–Trinajstić information content (AvgIpc) is 3.34. The Morgan fingerprint density at radius 2 is 1.19 bits per heavy atom. The van der Waals surface area contributed by atoms with E-state index in [-0.39, 0.29) is 16.6 Å². The van der Waals surface area contributed by atoms with E-state index in [1.807, 2.05) is 33.8 Å². The molecule has 37 heavy (non-hydrogen) atoms. The summed E-state index contributed by atoms with van der Waals surface area (Å²) >= 11 is 0. The van der Waals surface area contributed by atoms with Gasteiger partial charge < -0.3 is 13.7 Å². The molecule has 0 amide bonds. The van der Waals surface area contributed by atoms with Crippen molar-refractivity contribution >= 4 is 50.7 Å². The molecule has 0 N–H and O–H groups in total. The SMILES string of the molecule is CC(C)(C)c1ccc2c(c1)c1cc(C(C)(C)C)cc3c4cc(F)c(B5OC(C)(C)C(C)(C)O5)cc4n2c13. The quantitative estimate of drug-likeness (QED) is 0.220. The van der Waals surface area contributed by atoms with Crippen LogP contribution < -0.4 is 5.46 Å². The summed E-state index contributed by atoms with van der Waals surface area (Å²) in [6.07, 6.45) is 0. The minimum Gasteiger partial charge on any atom is -0.399 e. The molecule has 0 aliphatic carbocycles. The molecule has 0 atom stereocenters. The molecule has 0 saturated carbocycles. The summed E-state index contributed by atoms with van der Waals surface area (Å²) in [4.78, 5) is 0. The number of aromatic nitrogens is 1. The predicted octanol–water partition coefficient (Wildman–Crippen LogP) is 7.87. The van der Waals surface area contributed by atoms with Gasteiger partial charge in [0.25, 0.3) is 0 Å². The van der Waals surface area contributed by atoms with Crippen molar-refractivity contribution in [1.82, 2.24) is 4.40 Å². The van der Waals surface area contributed by atoms with E-state index in [9.17, 15) is 0 Å². The van der Waals surface area contributed by atoms with Crippen LogP contribution in [0.1, 0.15) is 80.4 Å². The van der Waals surface area contributed by atoms with Gasteiger partial charge in [0, 0.05) is 27.0 Å². The highest BCUT2D eigenvalue weighted by Crippen LogP contribution is 2.43. The summed E-state index contributed by atoms with van der Waals surface area (Å²) < 4.78 is 30.6. The van der Waals surface area contributed by atoms with Gasteiger partial charge in [0.05, 0.1) is 27.8 Å². The molecule has 5 heteroatoms. The molecule has 192 valence electrons. The fourth-order valence-corrected chi connectivity index (χ4v) is 5.63. The Morgan fingerprint density at radius 3 is 1.73 bits per heavy atom. The highest BCUT2D eigenvalue weighted by atomic mass is 19.1. The minimum absolute atomic E-state index is 0.0370. The van der Waals surface area contributed by atoms with Crippen LogP contribution in [0.2, 0.25) is 0 Å². The van der Waals surface area contributed by atoms with Gasteiger partial charge in [-0.25, -0.2) is 4.39 Å². The molecule has 1 aliphatic rings. The number of benzene rings is 3. The van der Waals surface area contributed by atoms with Crippen molar-refractivity contribution < 1.29 is 13.7 Å². The molecule has 5 aromatic rings. The first-order valence-electron chi connectivity index (χ1n) is 13.3. The van der Waals surface area contributed by atoms with Gasteiger partial charge in [-0.2, -0.15) is 0 Å². The first-order valence-corrected chi connectivity index (χ1v) is 13.3. The third-order valence-corrected chi connectivity index (χ3v) is 8.75. The van der Waals surface area contributed by atoms with Gasteiger partial charge in [-0.15, -0.1) is 0 Å². The topological polar surface area (TPSA) is 22.9 Å². The van der Waals surface area contributed by atoms with Gasteiger partial charge in [0.15, 0.2) is 0 Å². The van der Waals surface area contributed by atoms with Crippen LogP contribution >= 0.6 is 0 Å². The van der Waals surface area contributed by atoms with Crippen molar-refractivity contribution in [2.75, 3.05) is 0 Å². The van der Waals surface area contributed by atoms with Crippen LogP contribution in [-0.2, 0) is 20.1 Å². The van der Waals surface area contributed by atoms with Gasteiger partial charge in [0.1, 0.15) is 5.82 Å². The van der Waals surface area contributed by atoms with E-state index in [2.05, 4.69) is 76.3 Å². The summed E-state index contributed by atoms with van der Waals surface area (Å²) in [5.41, 5.74) is 5.20. The highest BCUT2D eigenvalue weighted by Gasteiger charge is 2.52. The second-order valence-corrected chi connectivity index (χ2v) is 14.0. The Kier molecular flexibility index (Phi) is 4.85. The monoisotopic (exact) mass is 497 g/mol. The lowest BCUT2D eigenvalue weighted by molar-refractivity contribution is 0.00578. The molecule has 0 spiro atoms. The zero-order valence-electron chi connectivity index (χ0n) is 23.8. The molecule has 3 heterocycles. The predicted molar refractivity (Wildman–Crippen MR) is 154 cm³/mol. The first kappa shape index (κ1) is 24.7. The molecule has 2 aromatic heterocycles. The third-order valence-electron chi connectivity index (χ3n) is 8.75. The summed E-state index contributed by atoms with van der Waals surface area (Å²) in [6.45, 7) is 21.4. The van der Waals surface area contributed by atoms with Crippen LogP contribution in [0, 0.1) is 5.82 Å². The number of rotatable bonds is 1. The van der Waals surface area contributed by atoms with Gasteiger partial charge in [-0.3, -0.25) is 0 Å². The summed E-state index contributed by atoms with van der Waals surface area (Å²) in [5, 5.41) is 4.47. The molecular formula is C32H37BFNO2. The lowest BCUT2D eigenvalue weighted by atomic mass is 9.78. The maximum absolute atomic E-state index is 15.8. The Labute approximate surface area is 219 Å². The molecule has 6 rings (SSSR count). The summed E-state index contributed by atoms with van der Waals surface area (Å²) in [5.74, 6) is -0.295.